The molecular weight excluding hydrogens is 412 g/mol. The average molecular weight is 445 g/mol. The highest BCUT2D eigenvalue weighted by atomic mass is 16.6. The van der Waals surface area contributed by atoms with Crippen LogP contribution in [0.15, 0.2) is 48.5 Å². The third-order valence-corrected chi connectivity index (χ3v) is 4.54. The second kappa shape index (κ2) is 14.1. The van der Waals surface area contributed by atoms with Gasteiger partial charge in [0.1, 0.15) is 41.9 Å². The lowest BCUT2D eigenvalue weighted by Gasteiger charge is -2.15. The molecule has 0 aliphatic carbocycles. The van der Waals surface area contributed by atoms with Crippen molar-refractivity contribution in [3.63, 3.8) is 0 Å². The molecule has 0 amide bonds. The van der Waals surface area contributed by atoms with E-state index >= 15 is 0 Å². The van der Waals surface area contributed by atoms with Crippen molar-refractivity contribution in [2.75, 3.05) is 26.4 Å². The molecule has 0 aliphatic rings. The highest BCUT2D eigenvalue weighted by Crippen LogP contribution is 2.21. The van der Waals surface area contributed by atoms with Gasteiger partial charge in [0.05, 0.1) is 13.2 Å². The van der Waals surface area contributed by atoms with E-state index in [1.165, 1.54) is 0 Å². The Hall–Kier alpha value is -3.06. The number of esters is 2. The van der Waals surface area contributed by atoms with Gasteiger partial charge in [-0.3, -0.25) is 0 Å². The second-order valence-corrected chi connectivity index (χ2v) is 7.25. The van der Waals surface area contributed by atoms with Crippen LogP contribution in [-0.2, 0) is 9.47 Å². The molecule has 0 heterocycles. The van der Waals surface area contributed by atoms with Crippen LogP contribution in [0.1, 0.15) is 60.2 Å². The molecule has 0 saturated heterocycles. The predicted molar refractivity (Wildman–Crippen MR) is 120 cm³/mol. The zero-order chi connectivity index (χ0) is 23.2. The first kappa shape index (κ1) is 25.2. The highest BCUT2D eigenvalue weighted by molar-refractivity contribution is 5.93. The van der Waals surface area contributed by atoms with Crippen molar-refractivity contribution in [2.24, 2.45) is 0 Å². The van der Waals surface area contributed by atoms with Crippen molar-refractivity contribution < 1.29 is 33.6 Å². The molecule has 0 fully saturated rings. The van der Waals surface area contributed by atoms with Gasteiger partial charge in [0, 0.05) is 0 Å². The van der Waals surface area contributed by atoms with Gasteiger partial charge in [0.25, 0.3) is 0 Å². The van der Waals surface area contributed by atoms with Crippen LogP contribution in [0, 0.1) is 0 Å². The Morgan fingerprint density at radius 1 is 0.750 bits per heavy atom. The summed E-state index contributed by atoms with van der Waals surface area (Å²) in [5, 5.41) is 10.1. The maximum absolute atomic E-state index is 12.4. The van der Waals surface area contributed by atoms with Gasteiger partial charge in [0.2, 0.25) is 0 Å². The van der Waals surface area contributed by atoms with E-state index in [9.17, 15) is 14.7 Å². The molecule has 0 unspecified atom stereocenters. The van der Waals surface area contributed by atoms with Crippen LogP contribution in [-0.4, -0.2) is 49.6 Å². The third-order valence-electron chi connectivity index (χ3n) is 4.54. The molecule has 2 rings (SSSR count). The number of carbonyl (C=O) groups is 2. The van der Waals surface area contributed by atoms with Crippen molar-refractivity contribution in [1.82, 2.24) is 0 Å². The minimum atomic E-state index is -1.16. The number of benzene rings is 2. The monoisotopic (exact) mass is 444 g/mol. The quantitative estimate of drug-likeness (QED) is 0.341. The molecule has 0 atom stereocenters. The molecule has 0 bridgehead atoms. The first-order valence-corrected chi connectivity index (χ1v) is 11.0. The molecule has 7 nitrogen and oxygen atoms in total. The predicted octanol–water partition coefficient (Wildman–Crippen LogP) is 4.42. The van der Waals surface area contributed by atoms with Gasteiger partial charge in [0.15, 0.2) is 0 Å². The number of para-hydroxylation sites is 2. The molecule has 1 N–H and O–H groups in total. The number of ether oxygens (including phenoxy) is 4. The van der Waals surface area contributed by atoms with Crippen LogP contribution in [0.4, 0.5) is 0 Å². The summed E-state index contributed by atoms with van der Waals surface area (Å²) >= 11 is 0. The lowest BCUT2D eigenvalue weighted by Crippen LogP contribution is -2.25. The van der Waals surface area contributed by atoms with E-state index in [0.29, 0.717) is 24.7 Å². The molecule has 32 heavy (non-hydrogen) atoms. The number of carbonyl (C=O) groups excluding carboxylic acids is 2. The lowest BCUT2D eigenvalue weighted by atomic mass is 10.2. The van der Waals surface area contributed by atoms with E-state index in [-0.39, 0.29) is 24.3 Å². The number of hydrogen-bond acceptors (Lipinski definition) is 7. The van der Waals surface area contributed by atoms with Crippen LogP contribution in [0.25, 0.3) is 0 Å². The molecule has 0 radical (unpaired) electrons. The van der Waals surface area contributed by atoms with Crippen molar-refractivity contribution in [2.45, 2.75) is 45.6 Å². The Bertz CT molecular complexity index is 780. The fourth-order valence-corrected chi connectivity index (χ4v) is 2.72. The summed E-state index contributed by atoms with van der Waals surface area (Å²) in [6.07, 6.45) is 2.55. The Morgan fingerprint density at radius 3 is 1.56 bits per heavy atom. The number of aliphatic hydroxyl groups excluding tert-OH is 1. The van der Waals surface area contributed by atoms with E-state index in [0.717, 1.165) is 25.7 Å². The summed E-state index contributed by atoms with van der Waals surface area (Å²) in [6, 6.07) is 13.6. The third kappa shape index (κ3) is 8.23. The Kier molecular flexibility index (Phi) is 11.1. The Morgan fingerprint density at radius 2 is 1.16 bits per heavy atom. The zero-order valence-corrected chi connectivity index (χ0v) is 18.7. The van der Waals surface area contributed by atoms with Crippen LogP contribution >= 0.6 is 0 Å². The fourth-order valence-electron chi connectivity index (χ4n) is 2.72. The topological polar surface area (TPSA) is 91.3 Å². The standard InChI is InChI=1S/C25H32O7/c1-3-5-15-29-22-13-9-7-11-20(22)24(27)31-17-19(26)18-32-25(28)21-12-8-10-14-23(21)30-16-6-4-2/h7-14,19,26H,3-6,15-18H2,1-2H3. The number of unbranched alkanes of at least 4 members (excludes halogenated alkanes) is 2. The maximum atomic E-state index is 12.4. The molecule has 0 spiro atoms. The van der Waals surface area contributed by atoms with Crippen molar-refractivity contribution in [1.29, 1.82) is 0 Å². The van der Waals surface area contributed by atoms with E-state index in [4.69, 9.17) is 18.9 Å². The normalized spacial score (nSPS) is 10.6. The summed E-state index contributed by atoms with van der Waals surface area (Å²) in [7, 11) is 0. The Labute approximate surface area is 189 Å². The van der Waals surface area contributed by atoms with Crippen molar-refractivity contribution in [3.8, 4) is 11.5 Å². The van der Waals surface area contributed by atoms with Crippen LogP contribution in [0.5, 0.6) is 11.5 Å². The van der Waals surface area contributed by atoms with Crippen LogP contribution < -0.4 is 9.47 Å². The summed E-state index contributed by atoms with van der Waals surface area (Å²) in [4.78, 5) is 24.8. The van der Waals surface area contributed by atoms with Gasteiger partial charge in [-0.25, -0.2) is 9.59 Å². The number of hydrogen-bond donors (Lipinski definition) is 1. The molecule has 2 aromatic carbocycles. The number of rotatable bonds is 14. The largest absolute Gasteiger partial charge is 0.493 e. The lowest BCUT2D eigenvalue weighted by molar-refractivity contribution is -0.00497. The van der Waals surface area contributed by atoms with Gasteiger partial charge in [-0.2, -0.15) is 0 Å². The Balaban J connectivity index is 1.83. The first-order chi connectivity index (χ1) is 15.6. The maximum Gasteiger partial charge on any atom is 0.342 e. The average Bonchev–Trinajstić information content (AvgIpc) is 2.82. The van der Waals surface area contributed by atoms with Crippen molar-refractivity contribution in [3.05, 3.63) is 59.7 Å². The van der Waals surface area contributed by atoms with E-state index in [1.807, 2.05) is 0 Å². The minimum Gasteiger partial charge on any atom is -0.493 e. The first-order valence-electron chi connectivity index (χ1n) is 11.0. The fraction of sp³-hybridized carbons (Fsp3) is 0.440. The van der Waals surface area contributed by atoms with Gasteiger partial charge in [-0.1, -0.05) is 51.0 Å². The van der Waals surface area contributed by atoms with Gasteiger partial charge < -0.3 is 24.1 Å². The summed E-state index contributed by atoms with van der Waals surface area (Å²) in [5.74, 6) is -0.354. The summed E-state index contributed by atoms with van der Waals surface area (Å²) in [5.41, 5.74) is 0.567. The second-order valence-electron chi connectivity index (χ2n) is 7.25. The highest BCUT2D eigenvalue weighted by Gasteiger charge is 2.18. The SMILES string of the molecule is CCCCOc1ccccc1C(=O)OCC(O)COC(=O)c1ccccc1OCCCC. The summed E-state index contributed by atoms with van der Waals surface area (Å²) in [6.45, 7) is 4.48. The molecule has 7 heteroatoms. The molecular formula is C25H32O7. The van der Waals surface area contributed by atoms with Gasteiger partial charge in [-0.05, 0) is 37.1 Å². The van der Waals surface area contributed by atoms with E-state index in [1.54, 1.807) is 48.5 Å². The van der Waals surface area contributed by atoms with Crippen LogP contribution in [0.3, 0.4) is 0 Å². The zero-order valence-electron chi connectivity index (χ0n) is 18.7. The van der Waals surface area contributed by atoms with E-state index in [2.05, 4.69) is 13.8 Å². The molecule has 174 valence electrons. The summed E-state index contributed by atoms with van der Waals surface area (Å²) < 4.78 is 21.6. The molecule has 0 aromatic heterocycles. The van der Waals surface area contributed by atoms with Gasteiger partial charge in [-0.15, -0.1) is 0 Å². The smallest absolute Gasteiger partial charge is 0.342 e. The number of aliphatic hydroxyl groups is 1. The molecule has 0 saturated carbocycles. The molecule has 0 aliphatic heterocycles. The minimum absolute atomic E-state index is 0.283. The molecule has 2 aromatic rings. The van der Waals surface area contributed by atoms with Gasteiger partial charge >= 0.3 is 11.9 Å². The van der Waals surface area contributed by atoms with Crippen LogP contribution in [0.2, 0.25) is 0 Å². The van der Waals surface area contributed by atoms with E-state index < -0.39 is 18.0 Å². The van der Waals surface area contributed by atoms with Crippen molar-refractivity contribution >= 4 is 11.9 Å².